The van der Waals surface area contributed by atoms with Crippen molar-refractivity contribution >= 4 is 0 Å². The Kier molecular flexibility index (Phi) is 4.83. The molecule has 1 aliphatic heterocycles. The molecule has 0 radical (unpaired) electrons. The average molecular weight is 263 g/mol. The summed E-state index contributed by atoms with van der Waals surface area (Å²) in [6, 6.07) is 7.17. The van der Waals surface area contributed by atoms with Crippen LogP contribution in [0.15, 0.2) is 18.2 Å². The van der Waals surface area contributed by atoms with Crippen LogP contribution in [0.4, 0.5) is 0 Å². The molecule has 0 amide bonds. The number of aliphatic hydroxyl groups excluding tert-OH is 1. The fourth-order valence-electron chi connectivity index (χ4n) is 2.66. The average Bonchev–Trinajstić information content (AvgIpc) is 2.83. The molecule has 1 aliphatic rings. The molecular weight excluding hydrogens is 238 g/mol. The first-order valence-corrected chi connectivity index (χ1v) is 7.24. The number of ether oxygens (including phenoxy) is 1. The molecule has 1 heterocycles. The monoisotopic (exact) mass is 263 g/mol. The van der Waals surface area contributed by atoms with Crippen LogP contribution < -0.4 is 10.1 Å². The Morgan fingerprint density at radius 1 is 1.32 bits per heavy atom. The van der Waals surface area contributed by atoms with Crippen molar-refractivity contribution in [1.82, 2.24) is 5.32 Å². The van der Waals surface area contributed by atoms with Gasteiger partial charge in [-0.1, -0.05) is 26.0 Å². The van der Waals surface area contributed by atoms with Gasteiger partial charge in [-0.3, -0.25) is 0 Å². The predicted octanol–water partition coefficient (Wildman–Crippen LogP) is 2.68. The number of benzene rings is 1. The van der Waals surface area contributed by atoms with E-state index in [-0.39, 0.29) is 6.61 Å². The van der Waals surface area contributed by atoms with Gasteiger partial charge in [0.05, 0.1) is 6.61 Å². The Hall–Kier alpha value is -1.06. The van der Waals surface area contributed by atoms with Crippen molar-refractivity contribution in [2.45, 2.75) is 45.7 Å². The molecule has 0 spiro atoms. The molecule has 2 atom stereocenters. The predicted molar refractivity (Wildman–Crippen MR) is 77.5 cm³/mol. The minimum atomic E-state index is 0.233. The second-order valence-electron chi connectivity index (χ2n) is 5.77. The first kappa shape index (κ1) is 14.4. The zero-order valence-electron chi connectivity index (χ0n) is 12.1. The lowest BCUT2D eigenvalue weighted by Gasteiger charge is -2.27. The number of rotatable bonds is 6. The summed E-state index contributed by atoms with van der Waals surface area (Å²) in [5.41, 5.74) is 2.64. The first-order chi connectivity index (χ1) is 9.11. The van der Waals surface area contributed by atoms with Crippen LogP contribution in [0.3, 0.4) is 0 Å². The van der Waals surface area contributed by atoms with Gasteiger partial charge in [-0.05, 0) is 36.5 Å². The maximum atomic E-state index is 9.03. The van der Waals surface area contributed by atoms with Gasteiger partial charge in [-0.25, -0.2) is 0 Å². The second kappa shape index (κ2) is 6.40. The van der Waals surface area contributed by atoms with E-state index in [1.807, 2.05) is 0 Å². The molecule has 19 heavy (non-hydrogen) atoms. The smallest absolute Gasteiger partial charge is 0.122 e. The second-order valence-corrected chi connectivity index (χ2v) is 5.77. The van der Waals surface area contributed by atoms with E-state index >= 15 is 0 Å². The van der Waals surface area contributed by atoms with E-state index in [1.54, 1.807) is 0 Å². The summed E-state index contributed by atoms with van der Waals surface area (Å²) >= 11 is 0. The number of hydrogen-bond acceptors (Lipinski definition) is 3. The van der Waals surface area contributed by atoms with Gasteiger partial charge < -0.3 is 15.2 Å². The summed E-state index contributed by atoms with van der Waals surface area (Å²) in [6.07, 6.45) is 1.80. The number of fused-ring (bicyclic) bond motifs is 1. The standard InChI is InChI=1S/C16H25NO2/c1-11(2)16(17-12(3)6-8-18)14-4-5-15-13(10-14)7-9-19-15/h4-5,10-12,16-18H,6-9H2,1-3H3. The molecule has 0 saturated heterocycles. The Morgan fingerprint density at radius 3 is 2.79 bits per heavy atom. The lowest BCUT2D eigenvalue weighted by Crippen LogP contribution is -2.34. The summed E-state index contributed by atoms with van der Waals surface area (Å²) in [5, 5.41) is 12.7. The van der Waals surface area contributed by atoms with Crippen LogP contribution >= 0.6 is 0 Å². The molecule has 0 bridgehead atoms. The van der Waals surface area contributed by atoms with Crippen molar-refractivity contribution in [3.05, 3.63) is 29.3 Å². The molecular formula is C16H25NO2. The third kappa shape index (κ3) is 3.48. The molecule has 2 N–H and O–H groups in total. The highest BCUT2D eigenvalue weighted by atomic mass is 16.5. The fraction of sp³-hybridized carbons (Fsp3) is 0.625. The third-order valence-corrected chi connectivity index (χ3v) is 3.77. The zero-order valence-corrected chi connectivity index (χ0v) is 12.1. The van der Waals surface area contributed by atoms with Gasteiger partial charge in [0, 0.05) is 25.1 Å². The molecule has 2 rings (SSSR count). The van der Waals surface area contributed by atoms with Crippen molar-refractivity contribution in [2.75, 3.05) is 13.2 Å². The van der Waals surface area contributed by atoms with E-state index in [0.717, 1.165) is 25.2 Å². The third-order valence-electron chi connectivity index (χ3n) is 3.77. The number of hydrogen-bond donors (Lipinski definition) is 2. The molecule has 1 aromatic carbocycles. The van der Waals surface area contributed by atoms with Crippen LogP contribution in [0.25, 0.3) is 0 Å². The van der Waals surface area contributed by atoms with Crippen molar-refractivity contribution in [2.24, 2.45) is 5.92 Å². The van der Waals surface area contributed by atoms with E-state index in [4.69, 9.17) is 9.84 Å². The van der Waals surface area contributed by atoms with Gasteiger partial charge >= 0.3 is 0 Å². The minimum absolute atomic E-state index is 0.233. The van der Waals surface area contributed by atoms with E-state index < -0.39 is 0 Å². The van der Waals surface area contributed by atoms with Crippen molar-refractivity contribution in [3.63, 3.8) is 0 Å². The molecule has 106 valence electrons. The summed E-state index contributed by atoms with van der Waals surface area (Å²) in [4.78, 5) is 0. The van der Waals surface area contributed by atoms with Crippen molar-refractivity contribution in [3.8, 4) is 5.75 Å². The zero-order chi connectivity index (χ0) is 13.8. The highest BCUT2D eigenvalue weighted by Gasteiger charge is 2.20. The van der Waals surface area contributed by atoms with Crippen LogP contribution in [0.5, 0.6) is 5.75 Å². The summed E-state index contributed by atoms with van der Waals surface area (Å²) in [7, 11) is 0. The minimum Gasteiger partial charge on any atom is -0.493 e. The summed E-state index contributed by atoms with van der Waals surface area (Å²) in [6.45, 7) is 7.62. The molecule has 3 nitrogen and oxygen atoms in total. The molecule has 0 saturated carbocycles. The van der Waals surface area contributed by atoms with E-state index in [9.17, 15) is 0 Å². The molecule has 2 unspecified atom stereocenters. The van der Waals surface area contributed by atoms with Crippen molar-refractivity contribution < 1.29 is 9.84 Å². The Morgan fingerprint density at radius 2 is 2.11 bits per heavy atom. The van der Waals surface area contributed by atoms with Gasteiger partial charge in [-0.15, -0.1) is 0 Å². The van der Waals surface area contributed by atoms with Crippen LogP contribution in [0.2, 0.25) is 0 Å². The highest BCUT2D eigenvalue weighted by Crippen LogP contribution is 2.30. The quantitative estimate of drug-likeness (QED) is 0.829. The Bertz CT molecular complexity index is 417. The van der Waals surface area contributed by atoms with Gasteiger partial charge in [0.15, 0.2) is 0 Å². The Balaban J connectivity index is 2.14. The van der Waals surface area contributed by atoms with Crippen molar-refractivity contribution in [1.29, 1.82) is 0 Å². The maximum Gasteiger partial charge on any atom is 0.122 e. The maximum absolute atomic E-state index is 9.03. The SMILES string of the molecule is CC(CCO)NC(c1ccc2c(c1)CCO2)C(C)C. The van der Waals surface area contributed by atoms with Crippen LogP contribution in [-0.4, -0.2) is 24.4 Å². The summed E-state index contributed by atoms with van der Waals surface area (Å²) in [5.74, 6) is 1.55. The number of nitrogens with one attached hydrogen (secondary N) is 1. The van der Waals surface area contributed by atoms with Crippen LogP contribution in [0, 0.1) is 5.92 Å². The van der Waals surface area contributed by atoms with Gasteiger partial charge in [0.1, 0.15) is 5.75 Å². The van der Waals surface area contributed by atoms with Gasteiger partial charge in [0.2, 0.25) is 0 Å². The highest BCUT2D eigenvalue weighted by molar-refractivity contribution is 5.41. The topological polar surface area (TPSA) is 41.5 Å². The molecule has 0 aromatic heterocycles. The van der Waals surface area contributed by atoms with Crippen LogP contribution in [0.1, 0.15) is 44.4 Å². The fourth-order valence-corrected chi connectivity index (χ4v) is 2.66. The molecule has 3 heteroatoms. The van der Waals surface area contributed by atoms with E-state index in [2.05, 4.69) is 44.3 Å². The number of aliphatic hydroxyl groups is 1. The summed E-state index contributed by atoms with van der Waals surface area (Å²) < 4.78 is 5.56. The molecule has 0 aliphatic carbocycles. The Labute approximate surface area is 116 Å². The first-order valence-electron chi connectivity index (χ1n) is 7.24. The van der Waals surface area contributed by atoms with Gasteiger partial charge in [0.25, 0.3) is 0 Å². The van der Waals surface area contributed by atoms with E-state index in [1.165, 1.54) is 11.1 Å². The van der Waals surface area contributed by atoms with Gasteiger partial charge in [-0.2, -0.15) is 0 Å². The lowest BCUT2D eigenvalue weighted by molar-refractivity contribution is 0.255. The van der Waals surface area contributed by atoms with E-state index in [0.29, 0.717) is 18.0 Å². The largest absolute Gasteiger partial charge is 0.493 e. The molecule has 0 fully saturated rings. The normalized spacial score (nSPS) is 17.1. The van der Waals surface area contributed by atoms with Crippen LogP contribution in [-0.2, 0) is 6.42 Å². The molecule has 1 aromatic rings. The lowest BCUT2D eigenvalue weighted by atomic mass is 9.93.